The zero-order valence-electron chi connectivity index (χ0n) is 11.0. The van der Waals surface area contributed by atoms with Crippen molar-refractivity contribution in [1.82, 2.24) is 9.55 Å². The highest BCUT2D eigenvalue weighted by molar-refractivity contribution is 5.31. The molecule has 0 bridgehead atoms. The molecule has 4 nitrogen and oxygen atoms in total. The van der Waals surface area contributed by atoms with E-state index < -0.39 is 0 Å². The Morgan fingerprint density at radius 1 is 1.22 bits per heavy atom. The summed E-state index contributed by atoms with van der Waals surface area (Å²) < 4.78 is 7.54. The molecule has 2 aromatic rings. The maximum absolute atomic E-state index is 6.19. The largest absolute Gasteiger partial charge is 0.491 e. The minimum absolute atomic E-state index is 0.180. The molecule has 4 heteroatoms. The third-order valence-electron chi connectivity index (χ3n) is 2.75. The summed E-state index contributed by atoms with van der Waals surface area (Å²) in [5.41, 5.74) is 7.22. The van der Waals surface area contributed by atoms with Crippen LogP contribution in [0.15, 0.2) is 36.7 Å². The standard InChI is InChI=1S/C14H19N3O/c1-10(2)18-12-6-4-11(5-7-12)13(15)14-16-8-9-17(14)3/h4-10,13H,15H2,1-3H3. The Bertz CT molecular complexity index is 502. The first-order valence-corrected chi connectivity index (χ1v) is 6.07. The summed E-state index contributed by atoms with van der Waals surface area (Å²) in [6.45, 7) is 4.01. The van der Waals surface area contributed by atoms with Gasteiger partial charge in [0, 0.05) is 19.4 Å². The summed E-state index contributed by atoms with van der Waals surface area (Å²) in [7, 11) is 1.94. The molecular weight excluding hydrogens is 226 g/mol. The fourth-order valence-corrected chi connectivity index (χ4v) is 1.85. The highest BCUT2D eigenvalue weighted by Crippen LogP contribution is 2.21. The average Bonchev–Trinajstić information content (AvgIpc) is 2.75. The minimum atomic E-state index is -0.210. The van der Waals surface area contributed by atoms with Crippen LogP contribution < -0.4 is 10.5 Å². The van der Waals surface area contributed by atoms with Gasteiger partial charge in [-0.1, -0.05) is 12.1 Å². The van der Waals surface area contributed by atoms with Gasteiger partial charge in [0.1, 0.15) is 11.6 Å². The molecule has 0 aliphatic heterocycles. The minimum Gasteiger partial charge on any atom is -0.491 e. The van der Waals surface area contributed by atoms with Crippen molar-refractivity contribution in [3.05, 3.63) is 48.0 Å². The Labute approximate surface area is 107 Å². The van der Waals surface area contributed by atoms with Crippen LogP contribution in [0.2, 0.25) is 0 Å². The van der Waals surface area contributed by atoms with Crippen LogP contribution in [0.4, 0.5) is 0 Å². The lowest BCUT2D eigenvalue weighted by Crippen LogP contribution is -2.16. The zero-order chi connectivity index (χ0) is 13.1. The molecule has 0 saturated heterocycles. The van der Waals surface area contributed by atoms with Gasteiger partial charge < -0.3 is 15.0 Å². The smallest absolute Gasteiger partial charge is 0.129 e. The van der Waals surface area contributed by atoms with Crippen LogP contribution in [0.1, 0.15) is 31.3 Å². The summed E-state index contributed by atoms with van der Waals surface area (Å²) in [5, 5.41) is 0. The number of ether oxygens (including phenoxy) is 1. The fourth-order valence-electron chi connectivity index (χ4n) is 1.85. The second-order valence-corrected chi connectivity index (χ2v) is 4.61. The van der Waals surface area contributed by atoms with Gasteiger partial charge in [-0.05, 0) is 31.5 Å². The summed E-state index contributed by atoms with van der Waals surface area (Å²) >= 11 is 0. The van der Waals surface area contributed by atoms with Crippen LogP contribution in [-0.2, 0) is 7.05 Å². The Balaban J connectivity index is 2.17. The topological polar surface area (TPSA) is 53.1 Å². The van der Waals surface area contributed by atoms with E-state index in [9.17, 15) is 0 Å². The molecule has 0 fully saturated rings. The molecule has 2 N–H and O–H groups in total. The Hall–Kier alpha value is -1.81. The highest BCUT2D eigenvalue weighted by Gasteiger charge is 2.13. The normalized spacial score (nSPS) is 12.7. The number of imidazole rings is 1. The SMILES string of the molecule is CC(C)Oc1ccc(C(N)c2nccn2C)cc1. The first-order chi connectivity index (χ1) is 8.58. The van der Waals surface area contributed by atoms with E-state index >= 15 is 0 Å². The summed E-state index contributed by atoms with van der Waals surface area (Å²) in [6, 6.07) is 7.64. The lowest BCUT2D eigenvalue weighted by Gasteiger charge is -2.14. The van der Waals surface area contributed by atoms with E-state index in [1.807, 2.05) is 55.9 Å². The molecule has 1 unspecified atom stereocenters. The van der Waals surface area contributed by atoms with Gasteiger partial charge in [0.15, 0.2) is 0 Å². The van der Waals surface area contributed by atoms with Crippen LogP contribution in [0, 0.1) is 0 Å². The molecule has 1 aromatic heterocycles. The quantitative estimate of drug-likeness (QED) is 0.899. The van der Waals surface area contributed by atoms with Crippen molar-refractivity contribution in [2.75, 3.05) is 0 Å². The van der Waals surface area contributed by atoms with E-state index in [1.54, 1.807) is 6.20 Å². The molecule has 0 radical (unpaired) electrons. The number of rotatable bonds is 4. The average molecular weight is 245 g/mol. The van der Waals surface area contributed by atoms with Crippen molar-refractivity contribution < 1.29 is 4.74 Å². The molecule has 1 aromatic carbocycles. The molecular formula is C14H19N3O. The van der Waals surface area contributed by atoms with Crippen LogP contribution in [0.25, 0.3) is 0 Å². The van der Waals surface area contributed by atoms with Crippen LogP contribution >= 0.6 is 0 Å². The molecule has 0 saturated carbocycles. The number of nitrogens with two attached hydrogens (primary N) is 1. The second kappa shape index (κ2) is 5.23. The summed E-state index contributed by atoms with van der Waals surface area (Å²) in [4.78, 5) is 4.27. The molecule has 0 aliphatic rings. The molecule has 0 spiro atoms. The van der Waals surface area contributed by atoms with E-state index in [0.717, 1.165) is 17.1 Å². The summed E-state index contributed by atoms with van der Waals surface area (Å²) in [5.74, 6) is 1.72. The van der Waals surface area contributed by atoms with Crippen molar-refractivity contribution in [1.29, 1.82) is 0 Å². The lowest BCUT2D eigenvalue weighted by atomic mass is 10.1. The predicted octanol–water partition coefficient (Wildman–Crippen LogP) is 2.26. The third kappa shape index (κ3) is 2.71. The maximum Gasteiger partial charge on any atom is 0.129 e. The first-order valence-electron chi connectivity index (χ1n) is 6.07. The Kier molecular flexibility index (Phi) is 3.67. The van der Waals surface area contributed by atoms with Crippen molar-refractivity contribution in [2.45, 2.75) is 26.0 Å². The molecule has 1 heterocycles. The zero-order valence-corrected chi connectivity index (χ0v) is 11.0. The van der Waals surface area contributed by atoms with E-state index in [4.69, 9.17) is 10.5 Å². The van der Waals surface area contributed by atoms with Crippen molar-refractivity contribution in [3.63, 3.8) is 0 Å². The molecule has 18 heavy (non-hydrogen) atoms. The lowest BCUT2D eigenvalue weighted by molar-refractivity contribution is 0.242. The Morgan fingerprint density at radius 2 is 1.89 bits per heavy atom. The van der Waals surface area contributed by atoms with Gasteiger partial charge in [-0.2, -0.15) is 0 Å². The number of nitrogens with zero attached hydrogens (tertiary/aromatic N) is 2. The van der Waals surface area contributed by atoms with E-state index in [-0.39, 0.29) is 12.1 Å². The van der Waals surface area contributed by atoms with Gasteiger partial charge in [0.25, 0.3) is 0 Å². The van der Waals surface area contributed by atoms with E-state index in [0.29, 0.717) is 0 Å². The third-order valence-corrected chi connectivity index (χ3v) is 2.75. The molecule has 0 amide bonds. The van der Waals surface area contributed by atoms with Gasteiger partial charge in [-0.3, -0.25) is 0 Å². The fraction of sp³-hybridized carbons (Fsp3) is 0.357. The molecule has 1 atom stereocenters. The van der Waals surface area contributed by atoms with Gasteiger partial charge in [-0.25, -0.2) is 4.98 Å². The van der Waals surface area contributed by atoms with Crippen LogP contribution in [-0.4, -0.2) is 15.7 Å². The number of aryl methyl sites for hydroxylation is 1. The van der Waals surface area contributed by atoms with Gasteiger partial charge in [-0.15, -0.1) is 0 Å². The second-order valence-electron chi connectivity index (χ2n) is 4.61. The summed E-state index contributed by atoms with van der Waals surface area (Å²) in [6.07, 6.45) is 3.83. The Morgan fingerprint density at radius 3 is 2.39 bits per heavy atom. The monoisotopic (exact) mass is 245 g/mol. The number of benzene rings is 1. The maximum atomic E-state index is 6.19. The van der Waals surface area contributed by atoms with Gasteiger partial charge >= 0.3 is 0 Å². The predicted molar refractivity (Wildman–Crippen MR) is 71.4 cm³/mol. The van der Waals surface area contributed by atoms with Gasteiger partial charge in [0.2, 0.25) is 0 Å². The van der Waals surface area contributed by atoms with Crippen LogP contribution in [0.3, 0.4) is 0 Å². The first kappa shape index (κ1) is 12.6. The van der Waals surface area contributed by atoms with Crippen molar-refractivity contribution >= 4 is 0 Å². The number of hydrogen-bond donors (Lipinski definition) is 1. The van der Waals surface area contributed by atoms with Gasteiger partial charge in [0.05, 0.1) is 12.1 Å². The number of aromatic nitrogens is 2. The molecule has 96 valence electrons. The number of hydrogen-bond acceptors (Lipinski definition) is 3. The van der Waals surface area contributed by atoms with E-state index in [1.165, 1.54) is 0 Å². The molecule has 0 aliphatic carbocycles. The van der Waals surface area contributed by atoms with Crippen molar-refractivity contribution in [2.24, 2.45) is 12.8 Å². The van der Waals surface area contributed by atoms with Crippen molar-refractivity contribution in [3.8, 4) is 5.75 Å². The molecule has 2 rings (SSSR count). The van der Waals surface area contributed by atoms with Crippen LogP contribution in [0.5, 0.6) is 5.75 Å². The highest BCUT2D eigenvalue weighted by atomic mass is 16.5. The van der Waals surface area contributed by atoms with E-state index in [2.05, 4.69) is 4.98 Å².